The average Bonchev–Trinajstić information content (AvgIpc) is 2.73. The monoisotopic (exact) mass is 494 g/mol. The Bertz CT molecular complexity index is 1150. The molecule has 0 heterocycles. The Morgan fingerprint density at radius 2 is 0.636 bits per heavy atom. The molecule has 0 aromatic heterocycles. The van der Waals surface area contributed by atoms with Gasteiger partial charge in [-0.25, -0.2) is 26.3 Å². The lowest BCUT2D eigenvalue weighted by atomic mass is 9.95. The zero-order valence-electron chi connectivity index (χ0n) is 21.6. The van der Waals surface area contributed by atoms with Crippen molar-refractivity contribution in [2.45, 2.75) is 85.4 Å². The summed E-state index contributed by atoms with van der Waals surface area (Å²) in [6, 6.07) is 0. The molecule has 2 rings (SSSR count). The van der Waals surface area contributed by atoms with Crippen molar-refractivity contribution in [2.24, 2.45) is 0 Å². The van der Waals surface area contributed by atoms with Gasteiger partial charge in [0.15, 0.2) is 0 Å². The van der Waals surface area contributed by atoms with E-state index in [0.29, 0.717) is 16.2 Å². The van der Waals surface area contributed by atoms with Gasteiger partial charge in [-0.15, -0.1) is 0 Å². The van der Waals surface area contributed by atoms with Crippen LogP contribution in [0.1, 0.15) is 62.1 Å². The molecule has 33 heavy (non-hydrogen) atoms. The largest absolute Gasteiger partial charge is 0.241 e. The Morgan fingerprint density at radius 1 is 0.424 bits per heavy atom. The molecule has 6 nitrogen and oxygen atoms in total. The molecule has 0 fully saturated rings. The summed E-state index contributed by atoms with van der Waals surface area (Å²) < 4.78 is 57.4. The van der Waals surface area contributed by atoms with Gasteiger partial charge < -0.3 is 0 Å². The summed E-state index contributed by atoms with van der Waals surface area (Å²) in [6.45, 7) is 19.3. The SMILES string of the molecule is Cc1c(C)c(C)c(S(=O)(=O)NCCCNS(=O)(=O)c2c(C)c(C)c(C)c(C)c2C)c(C)c1C. The normalized spacial score (nSPS) is 12.4. The van der Waals surface area contributed by atoms with Crippen molar-refractivity contribution in [1.82, 2.24) is 9.44 Å². The fourth-order valence-electron chi connectivity index (χ4n) is 4.38. The fraction of sp³-hybridized carbons (Fsp3) is 0.520. The van der Waals surface area contributed by atoms with Gasteiger partial charge in [0.05, 0.1) is 9.79 Å². The molecule has 0 aliphatic heterocycles. The number of benzene rings is 2. The maximum absolute atomic E-state index is 13.0. The minimum absolute atomic E-state index is 0.139. The van der Waals surface area contributed by atoms with E-state index in [1.54, 1.807) is 0 Å². The molecule has 0 amide bonds. The zero-order chi connectivity index (χ0) is 25.5. The standard InChI is InChI=1S/C25H38N2O4S2/c1-14-16(3)20(7)24(21(8)17(14)4)32(28,29)26-12-11-13-27-33(30,31)25-22(9)18(5)15(2)19(6)23(25)10/h26-27H,11-13H2,1-10H3. The molecule has 2 N–H and O–H groups in total. The molecule has 2 aromatic carbocycles. The number of sulfonamides is 2. The van der Waals surface area contributed by atoms with Crippen molar-refractivity contribution >= 4 is 20.0 Å². The smallest absolute Gasteiger partial charge is 0.211 e. The molecule has 0 atom stereocenters. The predicted molar refractivity (Wildman–Crippen MR) is 135 cm³/mol. The second kappa shape index (κ2) is 9.86. The van der Waals surface area contributed by atoms with Crippen molar-refractivity contribution in [2.75, 3.05) is 13.1 Å². The van der Waals surface area contributed by atoms with E-state index in [1.165, 1.54) is 0 Å². The minimum atomic E-state index is -3.71. The van der Waals surface area contributed by atoms with E-state index in [2.05, 4.69) is 9.44 Å². The lowest BCUT2D eigenvalue weighted by Gasteiger charge is -2.20. The predicted octanol–water partition coefficient (Wildman–Crippen LogP) is 4.42. The van der Waals surface area contributed by atoms with Crippen molar-refractivity contribution in [3.05, 3.63) is 55.6 Å². The van der Waals surface area contributed by atoms with Crippen molar-refractivity contribution in [3.8, 4) is 0 Å². The maximum Gasteiger partial charge on any atom is 0.241 e. The third-order valence-corrected chi connectivity index (χ3v) is 10.8. The highest BCUT2D eigenvalue weighted by molar-refractivity contribution is 7.90. The van der Waals surface area contributed by atoms with Gasteiger partial charge in [0, 0.05) is 13.1 Å². The first kappa shape index (κ1) is 27.5. The Hall–Kier alpha value is -1.74. The third kappa shape index (κ3) is 5.19. The van der Waals surface area contributed by atoms with Crippen LogP contribution in [0.2, 0.25) is 0 Å². The summed E-state index contributed by atoms with van der Waals surface area (Å²) in [6.07, 6.45) is 0.336. The van der Waals surface area contributed by atoms with Crippen LogP contribution in [0.25, 0.3) is 0 Å². The first-order valence-electron chi connectivity index (χ1n) is 11.2. The van der Waals surface area contributed by atoms with Gasteiger partial charge in [0.1, 0.15) is 0 Å². The van der Waals surface area contributed by atoms with Crippen LogP contribution in [-0.2, 0) is 20.0 Å². The molecule has 184 valence electrons. The average molecular weight is 495 g/mol. The highest BCUT2D eigenvalue weighted by Crippen LogP contribution is 2.30. The van der Waals surface area contributed by atoms with E-state index in [0.717, 1.165) is 55.6 Å². The molecule has 0 unspecified atom stereocenters. The molecule has 0 radical (unpaired) electrons. The molecular weight excluding hydrogens is 456 g/mol. The van der Waals surface area contributed by atoms with Gasteiger partial charge in [-0.3, -0.25) is 0 Å². The van der Waals surface area contributed by atoms with Crippen LogP contribution >= 0.6 is 0 Å². The van der Waals surface area contributed by atoms with Crippen LogP contribution in [0.5, 0.6) is 0 Å². The third-order valence-electron chi connectivity index (χ3n) is 7.34. The molecule has 0 saturated carbocycles. The van der Waals surface area contributed by atoms with Gasteiger partial charge in [0.2, 0.25) is 20.0 Å². The number of rotatable bonds is 8. The van der Waals surface area contributed by atoms with Crippen LogP contribution in [-0.4, -0.2) is 29.9 Å². The molecule has 2 aromatic rings. The Kier molecular flexibility index (Phi) is 8.22. The van der Waals surface area contributed by atoms with Crippen LogP contribution in [0.4, 0.5) is 0 Å². The van der Waals surface area contributed by atoms with Gasteiger partial charge in [-0.05, 0) is 131 Å². The highest BCUT2D eigenvalue weighted by atomic mass is 32.2. The summed E-state index contributed by atoms with van der Waals surface area (Å²) in [5.41, 5.74) is 9.10. The maximum atomic E-state index is 13.0. The topological polar surface area (TPSA) is 92.3 Å². The first-order valence-corrected chi connectivity index (χ1v) is 14.2. The number of hydrogen-bond donors (Lipinski definition) is 2. The van der Waals surface area contributed by atoms with E-state index in [9.17, 15) is 16.8 Å². The lowest BCUT2D eigenvalue weighted by molar-refractivity contribution is 0.571. The summed E-state index contributed by atoms with van der Waals surface area (Å²) in [7, 11) is -7.42. The van der Waals surface area contributed by atoms with Crippen LogP contribution in [0.15, 0.2) is 9.79 Å². The first-order chi connectivity index (χ1) is 15.1. The van der Waals surface area contributed by atoms with Gasteiger partial charge in [-0.1, -0.05) is 0 Å². The Morgan fingerprint density at radius 3 is 0.879 bits per heavy atom. The summed E-state index contributed by atoms with van der Waals surface area (Å²) in [5, 5.41) is 0. The van der Waals surface area contributed by atoms with Gasteiger partial charge in [-0.2, -0.15) is 0 Å². The van der Waals surface area contributed by atoms with Gasteiger partial charge >= 0.3 is 0 Å². The highest BCUT2D eigenvalue weighted by Gasteiger charge is 2.25. The second-order valence-electron chi connectivity index (χ2n) is 9.06. The molecule has 8 heteroatoms. The molecule has 0 aliphatic carbocycles. The van der Waals surface area contributed by atoms with Crippen molar-refractivity contribution in [1.29, 1.82) is 0 Å². The van der Waals surface area contributed by atoms with E-state index in [-0.39, 0.29) is 13.1 Å². The van der Waals surface area contributed by atoms with Crippen LogP contribution < -0.4 is 9.44 Å². The van der Waals surface area contributed by atoms with Crippen LogP contribution in [0, 0.1) is 69.2 Å². The number of hydrogen-bond acceptors (Lipinski definition) is 4. The minimum Gasteiger partial charge on any atom is -0.211 e. The molecule has 0 aliphatic rings. The quantitative estimate of drug-likeness (QED) is 0.532. The molecule has 0 saturated heterocycles. The fourth-order valence-corrected chi connectivity index (χ4v) is 7.72. The Balaban J connectivity index is 2.13. The summed E-state index contributed by atoms with van der Waals surface area (Å²) in [4.78, 5) is 0.640. The summed E-state index contributed by atoms with van der Waals surface area (Å²) >= 11 is 0. The molecule has 0 spiro atoms. The van der Waals surface area contributed by atoms with Gasteiger partial charge in [0.25, 0.3) is 0 Å². The van der Waals surface area contributed by atoms with Crippen molar-refractivity contribution in [3.63, 3.8) is 0 Å². The Labute approximate surface area is 200 Å². The molecular formula is C25H38N2O4S2. The van der Waals surface area contributed by atoms with Crippen LogP contribution in [0.3, 0.4) is 0 Å². The van der Waals surface area contributed by atoms with E-state index in [1.807, 2.05) is 69.2 Å². The van der Waals surface area contributed by atoms with E-state index >= 15 is 0 Å². The van der Waals surface area contributed by atoms with Crippen molar-refractivity contribution < 1.29 is 16.8 Å². The number of nitrogens with one attached hydrogen (secondary N) is 2. The lowest BCUT2D eigenvalue weighted by Crippen LogP contribution is -2.31. The van der Waals surface area contributed by atoms with E-state index in [4.69, 9.17) is 0 Å². The van der Waals surface area contributed by atoms with E-state index < -0.39 is 20.0 Å². The zero-order valence-corrected chi connectivity index (χ0v) is 23.2. The molecule has 0 bridgehead atoms. The second-order valence-corrected chi connectivity index (χ2v) is 12.5. The summed E-state index contributed by atoms with van der Waals surface area (Å²) in [5.74, 6) is 0.